The number of benzene rings is 2. The third kappa shape index (κ3) is 5.07. The van der Waals surface area contributed by atoms with Crippen LogP contribution in [-0.4, -0.2) is 25.7 Å². The second-order valence-electron chi connectivity index (χ2n) is 11.1. The molecule has 0 radical (unpaired) electrons. The van der Waals surface area contributed by atoms with Gasteiger partial charge in [-0.2, -0.15) is 0 Å². The van der Waals surface area contributed by atoms with Gasteiger partial charge >= 0.3 is 0 Å². The zero-order valence-electron chi connectivity index (χ0n) is 19.2. The zero-order valence-corrected chi connectivity index (χ0v) is 19.2. The van der Waals surface area contributed by atoms with Gasteiger partial charge in [-0.1, -0.05) is 60.7 Å². The standard InChI is InChI=1S/C29H40N2/c1-22(20-30-21-29-17-23-14-24(18-29)16-25(15-23)19-29)31-13-12-28(26-8-4-2-5-9-26)27-10-6-3-7-11-27/h2-11,22-25,28,30-31H,12-21H2,1H3. The van der Waals surface area contributed by atoms with Crippen molar-refractivity contribution < 1.29 is 0 Å². The van der Waals surface area contributed by atoms with E-state index in [1.807, 2.05) is 0 Å². The molecule has 4 aliphatic carbocycles. The number of nitrogens with one attached hydrogen (secondary N) is 2. The summed E-state index contributed by atoms with van der Waals surface area (Å²) in [6.45, 7) is 5.73. The molecular formula is C29H40N2. The maximum absolute atomic E-state index is 3.88. The van der Waals surface area contributed by atoms with E-state index in [-0.39, 0.29) is 0 Å². The predicted octanol–water partition coefficient (Wildman–Crippen LogP) is 5.99. The SMILES string of the molecule is CC(CNCC12CC3CC(CC(C3)C1)C2)NCCC(c1ccccc1)c1ccccc1. The Kier molecular flexibility index (Phi) is 6.48. The van der Waals surface area contributed by atoms with Gasteiger partial charge in [0.05, 0.1) is 0 Å². The highest BCUT2D eigenvalue weighted by Gasteiger charge is 2.50. The molecule has 0 heterocycles. The van der Waals surface area contributed by atoms with Crippen LogP contribution < -0.4 is 10.6 Å². The number of hydrogen-bond donors (Lipinski definition) is 2. The molecule has 4 saturated carbocycles. The second-order valence-corrected chi connectivity index (χ2v) is 11.1. The van der Waals surface area contributed by atoms with Crippen LogP contribution >= 0.6 is 0 Å². The molecule has 1 atom stereocenters. The van der Waals surface area contributed by atoms with Crippen LogP contribution in [0, 0.1) is 23.2 Å². The zero-order chi connectivity index (χ0) is 21.1. The smallest absolute Gasteiger partial charge is 0.0164 e. The normalized spacial score (nSPS) is 30.1. The summed E-state index contributed by atoms with van der Waals surface area (Å²) < 4.78 is 0. The molecule has 4 bridgehead atoms. The molecule has 2 nitrogen and oxygen atoms in total. The highest BCUT2D eigenvalue weighted by Crippen LogP contribution is 2.59. The van der Waals surface area contributed by atoms with Gasteiger partial charge in [0, 0.05) is 25.0 Å². The first-order valence-electron chi connectivity index (χ1n) is 12.7. The Labute approximate surface area is 189 Å². The average Bonchev–Trinajstić information content (AvgIpc) is 2.77. The van der Waals surface area contributed by atoms with Gasteiger partial charge in [-0.05, 0) is 92.7 Å². The van der Waals surface area contributed by atoms with Crippen molar-refractivity contribution in [3.63, 3.8) is 0 Å². The molecule has 1 unspecified atom stereocenters. The van der Waals surface area contributed by atoms with Crippen molar-refractivity contribution >= 4 is 0 Å². The van der Waals surface area contributed by atoms with Crippen LogP contribution in [0.2, 0.25) is 0 Å². The Morgan fingerprint density at radius 2 is 1.32 bits per heavy atom. The molecule has 2 aromatic rings. The van der Waals surface area contributed by atoms with E-state index in [2.05, 4.69) is 78.2 Å². The van der Waals surface area contributed by atoms with Crippen molar-refractivity contribution in [2.45, 2.75) is 63.8 Å². The molecule has 0 saturated heterocycles. The quantitative estimate of drug-likeness (QED) is 0.497. The van der Waals surface area contributed by atoms with E-state index in [4.69, 9.17) is 0 Å². The molecule has 2 aromatic carbocycles. The van der Waals surface area contributed by atoms with Gasteiger partial charge in [0.25, 0.3) is 0 Å². The Hall–Kier alpha value is -1.64. The molecule has 0 aromatic heterocycles. The average molecular weight is 417 g/mol. The molecule has 166 valence electrons. The summed E-state index contributed by atoms with van der Waals surface area (Å²) in [6.07, 6.45) is 10.3. The number of rotatable bonds is 10. The predicted molar refractivity (Wildman–Crippen MR) is 130 cm³/mol. The lowest BCUT2D eigenvalue weighted by Crippen LogP contribution is -2.51. The Morgan fingerprint density at radius 1 is 0.806 bits per heavy atom. The minimum atomic E-state index is 0.460. The van der Waals surface area contributed by atoms with Crippen LogP contribution in [0.3, 0.4) is 0 Å². The number of hydrogen-bond acceptors (Lipinski definition) is 2. The largest absolute Gasteiger partial charge is 0.315 e. The summed E-state index contributed by atoms with van der Waals surface area (Å²) in [4.78, 5) is 0. The fraction of sp³-hybridized carbons (Fsp3) is 0.586. The topological polar surface area (TPSA) is 24.1 Å². The van der Waals surface area contributed by atoms with Gasteiger partial charge in [0.15, 0.2) is 0 Å². The highest BCUT2D eigenvalue weighted by molar-refractivity contribution is 5.32. The van der Waals surface area contributed by atoms with Crippen LogP contribution in [0.15, 0.2) is 60.7 Å². The van der Waals surface area contributed by atoms with E-state index in [9.17, 15) is 0 Å². The minimum absolute atomic E-state index is 0.460. The summed E-state index contributed by atoms with van der Waals surface area (Å²) in [5, 5.41) is 7.68. The van der Waals surface area contributed by atoms with Gasteiger partial charge in [0.2, 0.25) is 0 Å². The molecule has 0 aliphatic heterocycles. The maximum atomic E-state index is 3.88. The van der Waals surface area contributed by atoms with Gasteiger partial charge < -0.3 is 10.6 Å². The second kappa shape index (κ2) is 9.46. The summed E-state index contributed by atoms with van der Waals surface area (Å²) >= 11 is 0. The van der Waals surface area contributed by atoms with Crippen molar-refractivity contribution in [1.29, 1.82) is 0 Å². The fourth-order valence-electron chi connectivity index (χ4n) is 7.50. The lowest BCUT2D eigenvalue weighted by Gasteiger charge is -2.57. The Balaban J connectivity index is 1.09. The first kappa shape index (κ1) is 21.2. The lowest BCUT2D eigenvalue weighted by atomic mass is 9.49. The molecule has 4 fully saturated rings. The maximum Gasteiger partial charge on any atom is 0.0164 e. The van der Waals surface area contributed by atoms with Crippen molar-refractivity contribution in [3.8, 4) is 0 Å². The molecule has 4 aliphatic rings. The van der Waals surface area contributed by atoms with Crippen LogP contribution in [0.1, 0.15) is 68.9 Å². The lowest BCUT2D eigenvalue weighted by molar-refractivity contribution is -0.0513. The summed E-state index contributed by atoms with van der Waals surface area (Å²) in [7, 11) is 0. The van der Waals surface area contributed by atoms with Crippen molar-refractivity contribution in [2.75, 3.05) is 19.6 Å². The molecule has 6 rings (SSSR count). The fourth-order valence-corrected chi connectivity index (χ4v) is 7.50. The third-order valence-electron chi connectivity index (χ3n) is 8.45. The van der Waals surface area contributed by atoms with Crippen LogP contribution in [-0.2, 0) is 0 Å². The van der Waals surface area contributed by atoms with Crippen molar-refractivity contribution in [2.24, 2.45) is 23.2 Å². The summed E-state index contributed by atoms with van der Waals surface area (Å²) in [5.41, 5.74) is 3.48. The molecule has 2 heteroatoms. The summed E-state index contributed by atoms with van der Waals surface area (Å²) in [5.74, 6) is 3.62. The van der Waals surface area contributed by atoms with Gasteiger partial charge in [-0.25, -0.2) is 0 Å². The van der Waals surface area contributed by atoms with E-state index in [1.165, 1.54) is 36.9 Å². The van der Waals surface area contributed by atoms with Gasteiger partial charge in [-0.3, -0.25) is 0 Å². The van der Waals surface area contributed by atoms with E-state index >= 15 is 0 Å². The van der Waals surface area contributed by atoms with Gasteiger partial charge in [0.1, 0.15) is 0 Å². The Morgan fingerprint density at radius 3 is 1.84 bits per heavy atom. The van der Waals surface area contributed by atoms with Gasteiger partial charge in [-0.15, -0.1) is 0 Å². The first-order valence-corrected chi connectivity index (χ1v) is 12.7. The van der Waals surface area contributed by atoms with E-state index in [1.54, 1.807) is 19.3 Å². The highest BCUT2D eigenvalue weighted by atomic mass is 15.0. The molecule has 2 N–H and O–H groups in total. The van der Waals surface area contributed by atoms with E-state index in [0.717, 1.165) is 37.3 Å². The third-order valence-corrected chi connectivity index (χ3v) is 8.45. The summed E-state index contributed by atoms with van der Waals surface area (Å²) in [6, 6.07) is 22.5. The first-order chi connectivity index (χ1) is 15.2. The molecular weight excluding hydrogens is 376 g/mol. The van der Waals surface area contributed by atoms with Crippen molar-refractivity contribution in [1.82, 2.24) is 10.6 Å². The van der Waals surface area contributed by atoms with E-state index in [0.29, 0.717) is 17.4 Å². The van der Waals surface area contributed by atoms with Crippen LogP contribution in [0.5, 0.6) is 0 Å². The molecule has 31 heavy (non-hydrogen) atoms. The minimum Gasteiger partial charge on any atom is -0.315 e. The van der Waals surface area contributed by atoms with Crippen LogP contribution in [0.25, 0.3) is 0 Å². The van der Waals surface area contributed by atoms with E-state index < -0.39 is 0 Å². The molecule has 0 amide bonds. The monoisotopic (exact) mass is 416 g/mol. The van der Waals surface area contributed by atoms with Crippen LogP contribution in [0.4, 0.5) is 0 Å². The van der Waals surface area contributed by atoms with Crippen molar-refractivity contribution in [3.05, 3.63) is 71.8 Å². The Bertz CT molecular complexity index is 740. The molecule has 0 spiro atoms.